The van der Waals surface area contributed by atoms with E-state index in [4.69, 9.17) is 27.9 Å². The van der Waals surface area contributed by atoms with Gasteiger partial charge in [0.25, 0.3) is 0 Å². The average molecular weight is 338 g/mol. The third kappa shape index (κ3) is 2.36. The SMILES string of the molecule is Clc1cc(Cl)c2c(c1)C=C1CCCC[C@]1(N1CCCCC1)O2. The lowest BCUT2D eigenvalue weighted by Crippen LogP contribution is -2.58. The van der Waals surface area contributed by atoms with Crippen LogP contribution in [0.2, 0.25) is 10.0 Å². The van der Waals surface area contributed by atoms with Gasteiger partial charge in [-0.1, -0.05) is 29.6 Å². The molecule has 4 heteroatoms. The lowest BCUT2D eigenvalue weighted by atomic mass is 9.81. The normalized spacial score (nSPS) is 28.4. The fourth-order valence-corrected chi connectivity index (χ4v) is 4.72. The standard InChI is InChI=1S/C18H21Cl2NO/c19-15-11-13-10-14-6-2-3-7-18(14,21-8-4-1-5-9-21)22-17(13)16(20)12-15/h10-12H,1-9H2/t18-/m0/s1. The quantitative estimate of drug-likeness (QED) is 0.668. The molecule has 0 radical (unpaired) electrons. The Labute approximate surface area is 142 Å². The molecule has 2 aliphatic heterocycles. The summed E-state index contributed by atoms with van der Waals surface area (Å²) in [7, 11) is 0. The van der Waals surface area contributed by atoms with Crippen molar-refractivity contribution in [1.82, 2.24) is 4.90 Å². The second-order valence-corrected chi connectivity index (χ2v) is 7.46. The van der Waals surface area contributed by atoms with Gasteiger partial charge in [0.15, 0.2) is 5.72 Å². The molecule has 3 aliphatic rings. The molecule has 2 fully saturated rings. The van der Waals surface area contributed by atoms with Crippen LogP contribution in [0, 0.1) is 0 Å². The number of rotatable bonds is 1. The molecule has 118 valence electrons. The number of benzene rings is 1. The molecule has 22 heavy (non-hydrogen) atoms. The van der Waals surface area contributed by atoms with E-state index in [0.29, 0.717) is 10.0 Å². The largest absolute Gasteiger partial charge is 0.467 e. The number of hydrogen-bond donors (Lipinski definition) is 0. The van der Waals surface area contributed by atoms with Crippen molar-refractivity contribution in [1.29, 1.82) is 0 Å². The van der Waals surface area contributed by atoms with Crippen molar-refractivity contribution in [3.63, 3.8) is 0 Å². The first-order valence-electron chi connectivity index (χ1n) is 8.33. The number of halogens is 2. The average Bonchev–Trinajstić information content (AvgIpc) is 2.54. The van der Waals surface area contributed by atoms with Gasteiger partial charge in [0.2, 0.25) is 0 Å². The van der Waals surface area contributed by atoms with Crippen LogP contribution in [0.4, 0.5) is 0 Å². The first-order chi connectivity index (χ1) is 10.7. The zero-order chi connectivity index (χ0) is 15.2. The van der Waals surface area contributed by atoms with Crippen LogP contribution in [0.1, 0.15) is 50.5 Å². The number of likely N-dealkylation sites (tertiary alicyclic amines) is 1. The van der Waals surface area contributed by atoms with Gasteiger partial charge in [-0.05, 0) is 55.9 Å². The Balaban J connectivity index is 1.80. The Kier molecular flexibility index (Phi) is 3.88. The fraction of sp³-hybridized carbons (Fsp3) is 0.556. The van der Waals surface area contributed by atoms with Gasteiger partial charge in [-0.3, -0.25) is 4.90 Å². The zero-order valence-electron chi connectivity index (χ0n) is 12.7. The third-order valence-corrected chi connectivity index (χ3v) is 5.72. The van der Waals surface area contributed by atoms with E-state index < -0.39 is 0 Å². The zero-order valence-corrected chi connectivity index (χ0v) is 14.2. The molecule has 0 bridgehead atoms. The highest BCUT2D eigenvalue weighted by atomic mass is 35.5. The number of piperidine rings is 1. The van der Waals surface area contributed by atoms with Gasteiger partial charge in [-0.15, -0.1) is 0 Å². The third-order valence-electron chi connectivity index (χ3n) is 5.22. The molecular formula is C18H21Cl2NO. The van der Waals surface area contributed by atoms with Gasteiger partial charge >= 0.3 is 0 Å². The number of hydrogen-bond acceptors (Lipinski definition) is 2. The second kappa shape index (κ2) is 5.74. The molecule has 0 amide bonds. The van der Waals surface area contributed by atoms with Crippen LogP contribution in [0.25, 0.3) is 6.08 Å². The van der Waals surface area contributed by atoms with Crippen LogP contribution in [-0.4, -0.2) is 23.7 Å². The van der Waals surface area contributed by atoms with E-state index in [0.717, 1.165) is 37.2 Å². The van der Waals surface area contributed by atoms with E-state index in [9.17, 15) is 0 Å². The molecular weight excluding hydrogens is 317 g/mol. The van der Waals surface area contributed by atoms with Crippen molar-refractivity contribution in [2.45, 2.75) is 50.7 Å². The molecule has 1 saturated heterocycles. The maximum Gasteiger partial charge on any atom is 0.186 e. The van der Waals surface area contributed by atoms with Crippen molar-refractivity contribution in [3.8, 4) is 5.75 Å². The first kappa shape index (κ1) is 14.9. The Bertz CT molecular complexity index is 622. The monoisotopic (exact) mass is 337 g/mol. The van der Waals surface area contributed by atoms with Crippen LogP contribution < -0.4 is 4.74 Å². The van der Waals surface area contributed by atoms with Gasteiger partial charge < -0.3 is 4.74 Å². The van der Waals surface area contributed by atoms with Crippen molar-refractivity contribution in [2.75, 3.05) is 13.1 Å². The Morgan fingerprint density at radius 3 is 2.64 bits per heavy atom. The minimum Gasteiger partial charge on any atom is -0.467 e. The Morgan fingerprint density at radius 1 is 1.00 bits per heavy atom. The molecule has 4 rings (SSSR count). The Hall–Kier alpha value is -0.700. The highest BCUT2D eigenvalue weighted by molar-refractivity contribution is 6.36. The molecule has 0 N–H and O–H groups in total. The summed E-state index contributed by atoms with van der Waals surface area (Å²) in [6.07, 6.45) is 10.8. The molecule has 1 atom stereocenters. The van der Waals surface area contributed by atoms with Crippen LogP contribution in [-0.2, 0) is 0 Å². The molecule has 1 aromatic carbocycles. The summed E-state index contributed by atoms with van der Waals surface area (Å²) in [5, 5.41) is 1.30. The minimum atomic E-state index is -0.261. The van der Waals surface area contributed by atoms with Crippen molar-refractivity contribution >= 4 is 29.3 Å². The predicted octanol–water partition coefficient (Wildman–Crippen LogP) is 5.53. The van der Waals surface area contributed by atoms with Crippen molar-refractivity contribution in [2.24, 2.45) is 0 Å². The topological polar surface area (TPSA) is 12.5 Å². The predicted molar refractivity (Wildman–Crippen MR) is 91.7 cm³/mol. The van der Waals surface area contributed by atoms with E-state index >= 15 is 0 Å². The van der Waals surface area contributed by atoms with Crippen molar-refractivity contribution < 1.29 is 4.74 Å². The highest BCUT2D eigenvalue weighted by Crippen LogP contribution is 2.49. The molecule has 0 spiro atoms. The summed E-state index contributed by atoms with van der Waals surface area (Å²) in [4.78, 5) is 2.55. The molecule has 2 heterocycles. The van der Waals surface area contributed by atoms with Gasteiger partial charge in [-0.25, -0.2) is 0 Å². The van der Waals surface area contributed by atoms with Crippen LogP contribution in [0.5, 0.6) is 5.75 Å². The highest BCUT2D eigenvalue weighted by Gasteiger charge is 2.46. The lowest BCUT2D eigenvalue weighted by Gasteiger charge is -2.50. The summed E-state index contributed by atoms with van der Waals surface area (Å²) >= 11 is 12.6. The van der Waals surface area contributed by atoms with E-state index in [1.54, 1.807) is 6.07 Å². The smallest absolute Gasteiger partial charge is 0.186 e. The van der Waals surface area contributed by atoms with E-state index in [1.165, 1.54) is 37.7 Å². The molecule has 1 aliphatic carbocycles. The van der Waals surface area contributed by atoms with Gasteiger partial charge in [0.05, 0.1) is 5.02 Å². The van der Waals surface area contributed by atoms with Crippen LogP contribution >= 0.6 is 23.2 Å². The summed E-state index contributed by atoms with van der Waals surface area (Å²) in [6, 6.07) is 3.75. The van der Waals surface area contributed by atoms with Gasteiger partial charge in [0.1, 0.15) is 5.75 Å². The maximum atomic E-state index is 6.62. The van der Waals surface area contributed by atoms with Gasteiger partial charge in [-0.2, -0.15) is 0 Å². The summed E-state index contributed by atoms with van der Waals surface area (Å²) in [5.41, 5.74) is 2.18. The lowest BCUT2D eigenvalue weighted by molar-refractivity contribution is -0.0820. The van der Waals surface area contributed by atoms with Crippen LogP contribution in [0.15, 0.2) is 17.7 Å². The molecule has 2 nitrogen and oxygen atoms in total. The fourth-order valence-electron chi connectivity index (χ4n) is 4.17. The number of nitrogens with zero attached hydrogens (tertiary/aromatic N) is 1. The number of fused-ring (bicyclic) bond motifs is 2. The summed E-state index contributed by atoms with van der Waals surface area (Å²) in [6.45, 7) is 2.25. The molecule has 0 aromatic heterocycles. The van der Waals surface area contributed by atoms with E-state index in [1.807, 2.05) is 6.07 Å². The minimum absolute atomic E-state index is 0.261. The molecule has 0 unspecified atom stereocenters. The van der Waals surface area contributed by atoms with E-state index in [-0.39, 0.29) is 5.72 Å². The maximum absolute atomic E-state index is 6.62. The summed E-state index contributed by atoms with van der Waals surface area (Å²) < 4.78 is 6.62. The Morgan fingerprint density at radius 2 is 1.82 bits per heavy atom. The van der Waals surface area contributed by atoms with Gasteiger partial charge in [0, 0.05) is 30.1 Å². The summed E-state index contributed by atoms with van der Waals surface area (Å²) in [5.74, 6) is 0.808. The second-order valence-electron chi connectivity index (χ2n) is 6.62. The van der Waals surface area contributed by atoms with Crippen LogP contribution in [0.3, 0.4) is 0 Å². The molecule has 1 aromatic rings. The van der Waals surface area contributed by atoms with Crippen molar-refractivity contribution in [3.05, 3.63) is 33.3 Å². The number of ether oxygens (including phenoxy) is 1. The van der Waals surface area contributed by atoms with E-state index in [2.05, 4.69) is 11.0 Å². The molecule has 1 saturated carbocycles. The first-order valence-corrected chi connectivity index (χ1v) is 9.09.